The Bertz CT molecular complexity index is 668. The van der Waals surface area contributed by atoms with Crippen LogP contribution in [0.2, 0.25) is 0 Å². The first-order chi connectivity index (χ1) is 11.7. The summed E-state index contributed by atoms with van der Waals surface area (Å²) in [5.41, 5.74) is 3.08. The fourth-order valence-corrected chi connectivity index (χ4v) is 2.78. The summed E-state index contributed by atoms with van der Waals surface area (Å²) in [6.45, 7) is 3.44. The Balaban J connectivity index is 1.55. The molecule has 1 saturated heterocycles. The van der Waals surface area contributed by atoms with Crippen molar-refractivity contribution in [1.82, 2.24) is 0 Å². The van der Waals surface area contributed by atoms with Crippen molar-refractivity contribution in [2.45, 2.75) is 0 Å². The Hall–Kier alpha value is -2.31. The molecule has 2 aromatic carbocycles. The van der Waals surface area contributed by atoms with E-state index in [-0.39, 0.29) is 0 Å². The topological polar surface area (TPSA) is 45.8 Å². The summed E-state index contributed by atoms with van der Waals surface area (Å²) in [5, 5.41) is 6.91. The van der Waals surface area contributed by atoms with Gasteiger partial charge in [0.25, 0.3) is 0 Å². The highest BCUT2D eigenvalue weighted by atomic mass is 32.1. The molecule has 0 radical (unpaired) electrons. The van der Waals surface area contributed by atoms with Crippen LogP contribution in [0.15, 0.2) is 48.5 Å². The molecule has 1 aliphatic heterocycles. The molecule has 6 heteroatoms. The van der Waals surface area contributed by atoms with Gasteiger partial charge in [-0.05, 0) is 60.7 Å². The average Bonchev–Trinajstić information content (AvgIpc) is 2.64. The second-order valence-corrected chi connectivity index (χ2v) is 5.86. The summed E-state index contributed by atoms with van der Waals surface area (Å²) < 4.78 is 10.5. The van der Waals surface area contributed by atoms with E-state index < -0.39 is 0 Å². The quantitative estimate of drug-likeness (QED) is 0.830. The summed E-state index contributed by atoms with van der Waals surface area (Å²) in [7, 11) is 1.65. The van der Waals surface area contributed by atoms with Gasteiger partial charge in [-0.2, -0.15) is 0 Å². The lowest BCUT2D eigenvalue weighted by Crippen LogP contribution is -2.36. The van der Waals surface area contributed by atoms with Crippen LogP contribution >= 0.6 is 12.2 Å². The highest BCUT2D eigenvalue weighted by molar-refractivity contribution is 7.80. The number of ether oxygens (including phenoxy) is 2. The molecule has 2 aromatic rings. The molecule has 0 aromatic heterocycles. The zero-order chi connectivity index (χ0) is 16.8. The molecule has 1 heterocycles. The smallest absolute Gasteiger partial charge is 0.175 e. The molecular weight excluding hydrogens is 322 g/mol. The molecule has 0 atom stereocenters. The van der Waals surface area contributed by atoms with Crippen LogP contribution in [-0.4, -0.2) is 38.5 Å². The normalized spacial score (nSPS) is 14.1. The maximum atomic E-state index is 5.38. The average molecular weight is 343 g/mol. The van der Waals surface area contributed by atoms with Crippen molar-refractivity contribution in [3.63, 3.8) is 0 Å². The number of hydrogen-bond donors (Lipinski definition) is 2. The molecule has 1 aliphatic rings. The number of nitrogens with zero attached hydrogens (tertiary/aromatic N) is 1. The van der Waals surface area contributed by atoms with Crippen molar-refractivity contribution in [3.05, 3.63) is 48.5 Å². The predicted molar refractivity (Wildman–Crippen MR) is 102 cm³/mol. The van der Waals surface area contributed by atoms with Gasteiger partial charge in [0.05, 0.1) is 20.3 Å². The molecule has 0 bridgehead atoms. The van der Waals surface area contributed by atoms with E-state index in [4.69, 9.17) is 21.7 Å². The van der Waals surface area contributed by atoms with Gasteiger partial charge >= 0.3 is 0 Å². The Labute approximate surface area is 147 Å². The van der Waals surface area contributed by atoms with Crippen molar-refractivity contribution < 1.29 is 9.47 Å². The maximum Gasteiger partial charge on any atom is 0.175 e. The van der Waals surface area contributed by atoms with Crippen LogP contribution in [0.1, 0.15) is 0 Å². The van der Waals surface area contributed by atoms with Crippen LogP contribution in [-0.2, 0) is 4.74 Å². The highest BCUT2D eigenvalue weighted by Crippen LogP contribution is 2.20. The predicted octanol–water partition coefficient (Wildman–Crippen LogP) is 3.34. The van der Waals surface area contributed by atoms with Crippen molar-refractivity contribution in [1.29, 1.82) is 0 Å². The second kappa shape index (κ2) is 7.99. The number of nitrogens with one attached hydrogen (secondary N) is 2. The zero-order valence-electron chi connectivity index (χ0n) is 13.6. The number of hydrogen-bond acceptors (Lipinski definition) is 4. The summed E-state index contributed by atoms with van der Waals surface area (Å²) in [5.74, 6) is 0.818. The maximum absolute atomic E-state index is 5.38. The molecule has 2 N–H and O–H groups in total. The molecule has 126 valence electrons. The molecular formula is C18H21N3O2S. The van der Waals surface area contributed by atoms with Gasteiger partial charge in [-0.25, -0.2) is 0 Å². The number of rotatable bonds is 4. The van der Waals surface area contributed by atoms with E-state index in [1.165, 1.54) is 5.69 Å². The SMILES string of the molecule is COc1ccc(NC(=S)Nc2ccc(N3CCOCC3)cc2)cc1. The molecule has 0 saturated carbocycles. The Kier molecular flexibility index (Phi) is 5.51. The summed E-state index contributed by atoms with van der Waals surface area (Å²) in [4.78, 5) is 2.32. The van der Waals surface area contributed by atoms with E-state index in [1.54, 1.807) is 7.11 Å². The largest absolute Gasteiger partial charge is 0.497 e. The molecule has 0 amide bonds. The van der Waals surface area contributed by atoms with Gasteiger partial charge in [0.15, 0.2) is 5.11 Å². The number of anilines is 3. The van der Waals surface area contributed by atoms with Crippen molar-refractivity contribution in [2.24, 2.45) is 0 Å². The third kappa shape index (κ3) is 4.37. The van der Waals surface area contributed by atoms with Crippen molar-refractivity contribution >= 4 is 34.4 Å². The molecule has 1 fully saturated rings. The Morgan fingerprint density at radius 3 is 2.04 bits per heavy atom. The number of benzene rings is 2. The Morgan fingerprint density at radius 2 is 1.50 bits per heavy atom. The van der Waals surface area contributed by atoms with E-state index in [0.29, 0.717) is 5.11 Å². The van der Waals surface area contributed by atoms with Gasteiger partial charge in [-0.1, -0.05) is 0 Å². The monoisotopic (exact) mass is 343 g/mol. The fourth-order valence-electron chi connectivity index (χ4n) is 2.54. The van der Waals surface area contributed by atoms with Gasteiger partial charge in [-0.3, -0.25) is 0 Å². The number of methoxy groups -OCH3 is 1. The van der Waals surface area contributed by atoms with Crippen molar-refractivity contribution in [2.75, 3.05) is 48.9 Å². The van der Waals surface area contributed by atoms with E-state index in [9.17, 15) is 0 Å². The first kappa shape index (κ1) is 16.5. The summed E-state index contributed by atoms with van der Waals surface area (Å²) in [6.07, 6.45) is 0. The molecule has 5 nitrogen and oxygen atoms in total. The molecule has 0 spiro atoms. The third-order valence-corrected chi connectivity index (χ3v) is 4.05. The van der Waals surface area contributed by atoms with E-state index in [0.717, 1.165) is 43.4 Å². The van der Waals surface area contributed by atoms with E-state index >= 15 is 0 Å². The zero-order valence-corrected chi connectivity index (χ0v) is 14.4. The minimum absolute atomic E-state index is 0.555. The molecule has 3 rings (SSSR count). The third-order valence-electron chi connectivity index (χ3n) is 3.85. The molecule has 0 aliphatic carbocycles. The van der Waals surface area contributed by atoms with Gasteiger partial charge in [0.2, 0.25) is 0 Å². The second-order valence-electron chi connectivity index (χ2n) is 5.45. The summed E-state index contributed by atoms with van der Waals surface area (Å²) >= 11 is 5.36. The first-order valence-electron chi connectivity index (χ1n) is 7.89. The van der Waals surface area contributed by atoms with Gasteiger partial charge in [0, 0.05) is 30.2 Å². The fraction of sp³-hybridized carbons (Fsp3) is 0.278. The van der Waals surface area contributed by atoms with Crippen LogP contribution in [0.25, 0.3) is 0 Å². The Morgan fingerprint density at radius 1 is 0.958 bits per heavy atom. The van der Waals surface area contributed by atoms with E-state index in [1.807, 2.05) is 36.4 Å². The molecule has 0 unspecified atom stereocenters. The van der Waals surface area contributed by atoms with Crippen LogP contribution in [0.3, 0.4) is 0 Å². The van der Waals surface area contributed by atoms with Crippen LogP contribution in [0.4, 0.5) is 17.1 Å². The highest BCUT2D eigenvalue weighted by Gasteiger charge is 2.10. The molecule has 24 heavy (non-hydrogen) atoms. The van der Waals surface area contributed by atoms with E-state index in [2.05, 4.69) is 27.7 Å². The lowest BCUT2D eigenvalue weighted by atomic mass is 10.2. The van der Waals surface area contributed by atoms with Crippen LogP contribution in [0.5, 0.6) is 5.75 Å². The standard InChI is InChI=1S/C18H21N3O2S/c1-22-17-8-4-15(5-9-17)20-18(24)19-14-2-6-16(7-3-14)21-10-12-23-13-11-21/h2-9H,10-13H2,1H3,(H2,19,20,24). The van der Waals surface area contributed by atoms with Crippen LogP contribution in [0, 0.1) is 0 Å². The van der Waals surface area contributed by atoms with Crippen molar-refractivity contribution in [3.8, 4) is 5.75 Å². The van der Waals surface area contributed by atoms with Crippen LogP contribution < -0.4 is 20.3 Å². The summed E-state index contributed by atoms with van der Waals surface area (Å²) in [6, 6.07) is 15.9. The minimum atomic E-state index is 0.555. The lowest BCUT2D eigenvalue weighted by Gasteiger charge is -2.29. The lowest BCUT2D eigenvalue weighted by molar-refractivity contribution is 0.122. The van der Waals surface area contributed by atoms with Gasteiger partial charge < -0.3 is 25.0 Å². The van der Waals surface area contributed by atoms with Gasteiger partial charge in [0.1, 0.15) is 5.75 Å². The number of thiocarbonyl (C=S) groups is 1. The first-order valence-corrected chi connectivity index (χ1v) is 8.30. The number of morpholine rings is 1. The van der Waals surface area contributed by atoms with Gasteiger partial charge in [-0.15, -0.1) is 0 Å². The minimum Gasteiger partial charge on any atom is -0.497 e.